The molecule has 130 valence electrons. The molecule has 0 aliphatic rings. The minimum absolute atomic E-state index is 0.630. The molecule has 0 amide bonds. The molecule has 3 rings (SSSR count). The molecule has 0 saturated carbocycles. The van der Waals surface area contributed by atoms with Crippen LogP contribution in [0.5, 0.6) is 5.75 Å². The third-order valence-electron chi connectivity index (χ3n) is 4.09. The molecule has 0 saturated heterocycles. The summed E-state index contributed by atoms with van der Waals surface area (Å²) in [7, 11) is 0. The lowest BCUT2D eigenvalue weighted by Crippen LogP contribution is -2.06. The topological polar surface area (TPSA) is 47.0 Å². The SMILES string of the molecule is Cc1c(OCCCCCl)ccnc1CNc1cnc2ccccc2c1. The first-order valence-corrected chi connectivity index (χ1v) is 9.03. The highest BCUT2D eigenvalue weighted by Gasteiger charge is 2.07. The van der Waals surface area contributed by atoms with Crippen molar-refractivity contribution in [2.24, 2.45) is 0 Å². The second kappa shape index (κ2) is 8.67. The zero-order chi connectivity index (χ0) is 17.5. The van der Waals surface area contributed by atoms with Crippen LogP contribution in [0.3, 0.4) is 0 Å². The first-order valence-electron chi connectivity index (χ1n) is 8.50. The van der Waals surface area contributed by atoms with Crippen LogP contribution in [0.15, 0.2) is 48.8 Å². The van der Waals surface area contributed by atoms with E-state index in [1.165, 1.54) is 0 Å². The lowest BCUT2D eigenvalue weighted by Gasteiger charge is -2.13. The molecule has 0 unspecified atom stereocenters. The number of ether oxygens (including phenoxy) is 1. The third-order valence-corrected chi connectivity index (χ3v) is 4.36. The zero-order valence-electron chi connectivity index (χ0n) is 14.3. The Morgan fingerprint density at radius 3 is 2.88 bits per heavy atom. The van der Waals surface area contributed by atoms with Crippen molar-refractivity contribution in [2.75, 3.05) is 17.8 Å². The smallest absolute Gasteiger partial charge is 0.125 e. The Kier molecular flexibility index (Phi) is 6.07. The number of hydrogen-bond acceptors (Lipinski definition) is 4. The third kappa shape index (κ3) is 4.60. The zero-order valence-corrected chi connectivity index (χ0v) is 15.1. The molecule has 0 atom stereocenters. The highest BCUT2D eigenvalue weighted by molar-refractivity contribution is 6.17. The summed E-state index contributed by atoms with van der Waals surface area (Å²) in [5.41, 5.74) is 4.01. The predicted molar refractivity (Wildman–Crippen MR) is 103 cm³/mol. The van der Waals surface area contributed by atoms with E-state index < -0.39 is 0 Å². The van der Waals surface area contributed by atoms with Gasteiger partial charge in [-0.15, -0.1) is 11.6 Å². The monoisotopic (exact) mass is 355 g/mol. The minimum Gasteiger partial charge on any atom is -0.493 e. The van der Waals surface area contributed by atoms with Crippen LogP contribution in [0.25, 0.3) is 10.9 Å². The Morgan fingerprint density at radius 2 is 2.00 bits per heavy atom. The van der Waals surface area contributed by atoms with Crippen LogP contribution in [0, 0.1) is 6.92 Å². The molecular weight excluding hydrogens is 334 g/mol. The van der Waals surface area contributed by atoms with E-state index in [4.69, 9.17) is 16.3 Å². The van der Waals surface area contributed by atoms with E-state index in [2.05, 4.69) is 27.4 Å². The maximum absolute atomic E-state index is 5.85. The van der Waals surface area contributed by atoms with E-state index in [0.29, 0.717) is 19.0 Å². The molecule has 25 heavy (non-hydrogen) atoms. The Bertz CT molecular complexity index is 838. The summed E-state index contributed by atoms with van der Waals surface area (Å²) < 4.78 is 5.85. The molecule has 1 N–H and O–H groups in total. The van der Waals surface area contributed by atoms with Gasteiger partial charge in [0.25, 0.3) is 0 Å². The molecule has 3 aromatic rings. The summed E-state index contributed by atoms with van der Waals surface area (Å²) in [6.45, 7) is 3.35. The molecule has 0 fully saturated rings. The predicted octanol–water partition coefficient (Wildman–Crippen LogP) is 4.95. The number of alkyl halides is 1. The molecule has 0 radical (unpaired) electrons. The number of fused-ring (bicyclic) bond motifs is 1. The van der Waals surface area contributed by atoms with Crippen LogP contribution in [0.1, 0.15) is 24.1 Å². The number of benzene rings is 1. The van der Waals surface area contributed by atoms with Gasteiger partial charge in [0.2, 0.25) is 0 Å². The van der Waals surface area contributed by atoms with Gasteiger partial charge in [0.15, 0.2) is 0 Å². The highest BCUT2D eigenvalue weighted by atomic mass is 35.5. The summed E-state index contributed by atoms with van der Waals surface area (Å²) >= 11 is 5.70. The van der Waals surface area contributed by atoms with Gasteiger partial charge in [-0.3, -0.25) is 9.97 Å². The van der Waals surface area contributed by atoms with Crippen LogP contribution in [-0.2, 0) is 6.54 Å². The fourth-order valence-corrected chi connectivity index (χ4v) is 2.81. The number of pyridine rings is 2. The molecule has 0 aliphatic carbocycles. The maximum Gasteiger partial charge on any atom is 0.125 e. The van der Waals surface area contributed by atoms with Crippen molar-refractivity contribution in [3.63, 3.8) is 0 Å². The number of unbranched alkanes of at least 4 members (excludes halogenated alkanes) is 1. The van der Waals surface area contributed by atoms with E-state index in [1.54, 1.807) is 6.20 Å². The molecule has 5 heteroatoms. The first-order chi connectivity index (χ1) is 12.3. The number of halogens is 1. The fourth-order valence-electron chi connectivity index (χ4n) is 2.63. The van der Waals surface area contributed by atoms with Gasteiger partial charge in [-0.25, -0.2) is 0 Å². The standard InChI is InChI=1S/C20H22ClN3O/c1-15-19(22-10-8-20(15)25-11-5-4-9-21)14-23-17-12-16-6-2-3-7-18(16)24-13-17/h2-3,6-8,10,12-13,23H,4-5,9,11,14H2,1H3. The minimum atomic E-state index is 0.630. The second-order valence-electron chi connectivity index (χ2n) is 5.90. The van der Waals surface area contributed by atoms with Gasteiger partial charge in [0.1, 0.15) is 5.75 Å². The number of rotatable bonds is 8. The Balaban J connectivity index is 1.65. The van der Waals surface area contributed by atoms with Gasteiger partial charge in [-0.2, -0.15) is 0 Å². The van der Waals surface area contributed by atoms with Crippen LogP contribution < -0.4 is 10.1 Å². The molecular formula is C20H22ClN3O. The lowest BCUT2D eigenvalue weighted by molar-refractivity contribution is 0.307. The molecule has 2 aromatic heterocycles. The lowest BCUT2D eigenvalue weighted by atomic mass is 10.2. The second-order valence-corrected chi connectivity index (χ2v) is 6.27. The average Bonchev–Trinajstić information content (AvgIpc) is 2.65. The Hall–Kier alpha value is -2.33. The van der Waals surface area contributed by atoms with Gasteiger partial charge < -0.3 is 10.1 Å². The molecule has 0 bridgehead atoms. The van der Waals surface area contributed by atoms with Crippen molar-refractivity contribution in [2.45, 2.75) is 26.3 Å². The summed E-state index contributed by atoms with van der Waals surface area (Å²) in [5.74, 6) is 1.56. The maximum atomic E-state index is 5.85. The van der Waals surface area contributed by atoms with E-state index in [1.807, 2.05) is 37.4 Å². The number of nitrogens with zero attached hydrogens (tertiary/aromatic N) is 2. The van der Waals surface area contributed by atoms with Crippen LogP contribution in [-0.4, -0.2) is 22.5 Å². The molecule has 0 aliphatic heterocycles. The van der Waals surface area contributed by atoms with Crippen molar-refractivity contribution < 1.29 is 4.74 Å². The van der Waals surface area contributed by atoms with Crippen molar-refractivity contribution in [3.05, 3.63) is 60.0 Å². The van der Waals surface area contributed by atoms with Crippen molar-refractivity contribution in [3.8, 4) is 5.75 Å². The Morgan fingerprint density at radius 1 is 1.12 bits per heavy atom. The molecule has 4 nitrogen and oxygen atoms in total. The normalized spacial score (nSPS) is 10.8. The van der Waals surface area contributed by atoms with Gasteiger partial charge in [-0.1, -0.05) is 18.2 Å². The number of nitrogens with one attached hydrogen (secondary N) is 1. The number of hydrogen-bond donors (Lipinski definition) is 1. The number of para-hydroxylation sites is 1. The summed E-state index contributed by atoms with van der Waals surface area (Å²) in [6, 6.07) is 12.1. The summed E-state index contributed by atoms with van der Waals surface area (Å²) in [6.07, 6.45) is 5.57. The molecule has 0 spiro atoms. The van der Waals surface area contributed by atoms with Crippen LogP contribution >= 0.6 is 11.6 Å². The molecule has 1 aromatic carbocycles. The highest BCUT2D eigenvalue weighted by Crippen LogP contribution is 2.22. The first kappa shape index (κ1) is 17.5. The van der Waals surface area contributed by atoms with E-state index in [-0.39, 0.29) is 0 Å². The molecule has 2 heterocycles. The Labute approximate surface area is 153 Å². The van der Waals surface area contributed by atoms with Crippen molar-refractivity contribution in [1.29, 1.82) is 0 Å². The fraction of sp³-hybridized carbons (Fsp3) is 0.300. The van der Waals surface area contributed by atoms with Gasteiger partial charge >= 0.3 is 0 Å². The largest absolute Gasteiger partial charge is 0.493 e. The van der Waals surface area contributed by atoms with Gasteiger partial charge in [-0.05, 0) is 38.0 Å². The summed E-state index contributed by atoms with van der Waals surface area (Å²) in [4.78, 5) is 8.95. The van der Waals surface area contributed by atoms with E-state index in [0.717, 1.165) is 46.4 Å². The van der Waals surface area contributed by atoms with Crippen LogP contribution in [0.4, 0.5) is 5.69 Å². The van der Waals surface area contributed by atoms with Gasteiger partial charge in [0, 0.05) is 23.0 Å². The number of aromatic nitrogens is 2. The van der Waals surface area contributed by atoms with Crippen molar-refractivity contribution >= 4 is 28.2 Å². The van der Waals surface area contributed by atoms with E-state index >= 15 is 0 Å². The quantitative estimate of drug-likeness (QED) is 0.459. The van der Waals surface area contributed by atoms with Gasteiger partial charge in [0.05, 0.1) is 36.2 Å². The van der Waals surface area contributed by atoms with Crippen molar-refractivity contribution in [1.82, 2.24) is 9.97 Å². The van der Waals surface area contributed by atoms with E-state index in [9.17, 15) is 0 Å². The summed E-state index contributed by atoms with van der Waals surface area (Å²) in [5, 5.41) is 4.52. The van der Waals surface area contributed by atoms with Crippen LogP contribution in [0.2, 0.25) is 0 Å². The average molecular weight is 356 g/mol. The number of anilines is 1.